The number of halogens is 1. The van der Waals surface area contributed by atoms with E-state index in [2.05, 4.69) is 15.1 Å². The second kappa shape index (κ2) is 8.19. The van der Waals surface area contributed by atoms with Crippen molar-refractivity contribution in [2.24, 2.45) is 0 Å². The predicted octanol–water partition coefficient (Wildman–Crippen LogP) is 2.98. The monoisotopic (exact) mass is 383 g/mol. The number of amides is 1. The quantitative estimate of drug-likeness (QED) is 0.882. The standard InChI is InChI=1S/C22H26FN3O2/c1-16(22(27)24-20-10-15-28-21-5-3-2-4-19(20)21)25-11-13-26(14-12-25)18-8-6-17(23)7-9-18/h2-9,16,20H,10-15H2,1H3,(H,24,27)/t16-,20-/m1/s1. The van der Waals surface area contributed by atoms with Gasteiger partial charge < -0.3 is 15.0 Å². The summed E-state index contributed by atoms with van der Waals surface area (Å²) in [4.78, 5) is 17.3. The van der Waals surface area contributed by atoms with E-state index in [1.807, 2.05) is 43.3 Å². The second-order valence-electron chi connectivity index (χ2n) is 7.41. The van der Waals surface area contributed by atoms with Gasteiger partial charge in [0, 0.05) is 43.9 Å². The predicted molar refractivity (Wildman–Crippen MR) is 107 cm³/mol. The van der Waals surface area contributed by atoms with E-state index in [-0.39, 0.29) is 23.8 Å². The van der Waals surface area contributed by atoms with Crippen molar-refractivity contribution in [1.82, 2.24) is 10.2 Å². The number of hydrogen-bond donors (Lipinski definition) is 1. The SMILES string of the molecule is C[C@H](C(=O)N[C@@H]1CCOc2ccccc21)N1CCN(c2ccc(F)cc2)CC1. The minimum absolute atomic E-state index is 0.000374. The van der Waals surface area contributed by atoms with E-state index in [1.165, 1.54) is 12.1 Å². The van der Waals surface area contributed by atoms with Crippen LogP contribution >= 0.6 is 0 Å². The molecule has 0 bridgehead atoms. The zero-order chi connectivity index (χ0) is 19.5. The molecule has 2 heterocycles. The Morgan fingerprint density at radius 2 is 1.82 bits per heavy atom. The van der Waals surface area contributed by atoms with Crippen LogP contribution in [0.15, 0.2) is 48.5 Å². The molecule has 0 spiro atoms. The zero-order valence-corrected chi connectivity index (χ0v) is 16.1. The Labute approximate surface area is 165 Å². The van der Waals surface area contributed by atoms with Crippen LogP contribution in [0.25, 0.3) is 0 Å². The molecule has 2 aliphatic heterocycles. The van der Waals surface area contributed by atoms with E-state index in [9.17, 15) is 9.18 Å². The molecule has 5 nitrogen and oxygen atoms in total. The molecule has 2 aromatic rings. The van der Waals surface area contributed by atoms with Gasteiger partial charge in [-0.2, -0.15) is 0 Å². The minimum atomic E-state index is -0.220. The van der Waals surface area contributed by atoms with Gasteiger partial charge in [0.1, 0.15) is 11.6 Å². The first-order valence-electron chi connectivity index (χ1n) is 9.88. The number of nitrogens with one attached hydrogen (secondary N) is 1. The Hall–Kier alpha value is -2.60. The van der Waals surface area contributed by atoms with Crippen molar-refractivity contribution in [3.63, 3.8) is 0 Å². The van der Waals surface area contributed by atoms with Crippen molar-refractivity contribution in [2.45, 2.75) is 25.4 Å². The number of ether oxygens (including phenoxy) is 1. The summed E-state index contributed by atoms with van der Waals surface area (Å²) in [6.45, 7) is 5.83. The van der Waals surface area contributed by atoms with Gasteiger partial charge in [0.2, 0.25) is 5.91 Å². The fraction of sp³-hybridized carbons (Fsp3) is 0.409. The highest BCUT2D eigenvalue weighted by molar-refractivity contribution is 5.82. The molecule has 0 aliphatic carbocycles. The highest BCUT2D eigenvalue weighted by Gasteiger charge is 2.29. The van der Waals surface area contributed by atoms with Gasteiger partial charge in [0.05, 0.1) is 18.7 Å². The lowest BCUT2D eigenvalue weighted by Gasteiger charge is -2.39. The fourth-order valence-corrected chi connectivity index (χ4v) is 3.97. The van der Waals surface area contributed by atoms with E-state index >= 15 is 0 Å². The van der Waals surface area contributed by atoms with Crippen molar-refractivity contribution in [3.05, 3.63) is 59.9 Å². The van der Waals surface area contributed by atoms with Gasteiger partial charge in [-0.05, 0) is 37.3 Å². The number of carbonyl (C=O) groups is 1. The van der Waals surface area contributed by atoms with Gasteiger partial charge in [-0.1, -0.05) is 18.2 Å². The van der Waals surface area contributed by atoms with Crippen molar-refractivity contribution in [2.75, 3.05) is 37.7 Å². The summed E-state index contributed by atoms with van der Waals surface area (Å²) in [5, 5.41) is 3.21. The van der Waals surface area contributed by atoms with E-state index in [0.717, 1.165) is 49.6 Å². The van der Waals surface area contributed by atoms with Crippen LogP contribution in [0.2, 0.25) is 0 Å². The summed E-state index contributed by atoms with van der Waals surface area (Å²) < 4.78 is 18.8. The number of carbonyl (C=O) groups excluding carboxylic acids is 1. The highest BCUT2D eigenvalue weighted by atomic mass is 19.1. The van der Waals surface area contributed by atoms with Gasteiger partial charge in [-0.15, -0.1) is 0 Å². The van der Waals surface area contributed by atoms with Crippen LogP contribution in [0.5, 0.6) is 5.75 Å². The normalized spacial score (nSPS) is 20.8. The van der Waals surface area contributed by atoms with Crippen LogP contribution < -0.4 is 15.0 Å². The third-order valence-corrected chi connectivity index (χ3v) is 5.71. The lowest BCUT2D eigenvalue weighted by atomic mass is 10.00. The van der Waals surface area contributed by atoms with Crippen LogP contribution in [0.4, 0.5) is 10.1 Å². The molecule has 0 aromatic heterocycles. The maximum absolute atomic E-state index is 13.1. The Morgan fingerprint density at radius 1 is 1.11 bits per heavy atom. The molecule has 2 aromatic carbocycles. The van der Waals surface area contributed by atoms with Crippen molar-refractivity contribution < 1.29 is 13.9 Å². The topological polar surface area (TPSA) is 44.8 Å². The first kappa shape index (κ1) is 18.7. The van der Waals surface area contributed by atoms with Crippen LogP contribution in [-0.2, 0) is 4.79 Å². The largest absolute Gasteiger partial charge is 0.493 e. The van der Waals surface area contributed by atoms with Crippen molar-refractivity contribution in [3.8, 4) is 5.75 Å². The third-order valence-electron chi connectivity index (χ3n) is 5.71. The average Bonchev–Trinajstić information content (AvgIpc) is 2.74. The summed E-state index contributed by atoms with van der Waals surface area (Å²) in [5.41, 5.74) is 2.08. The number of fused-ring (bicyclic) bond motifs is 1. The number of rotatable bonds is 4. The number of piperazine rings is 1. The third kappa shape index (κ3) is 3.97. The molecule has 1 amide bonds. The maximum Gasteiger partial charge on any atom is 0.237 e. The van der Waals surface area contributed by atoms with Crippen LogP contribution in [0, 0.1) is 5.82 Å². The number of hydrogen-bond acceptors (Lipinski definition) is 4. The molecule has 0 saturated carbocycles. The fourth-order valence-electron chi connectivity index (χ4n) is 3.97. The van der Waals surface area contributed by atoms with Gasteiger partial charge >= 0.3 is 0 Å². The molecule has 6 heteroatoms. The molecule has 1 saturated heterocycles. The second-order valence-corrected chi connectivity index (χ2v) is 7.41. The van der Waals surface area contributed by atoms with Crippen LogP contribution in [0.3, 0.4) is 0 Å². The Morgan fingerprint density at radius 3 is 2.57 bits per heavy atom. The van der Waals surface area contributed by atoms with Crippen molar-refractivity contribution in [1.29, 1.82) is 0 Å². The number of benzene rings is 2. The minimum Gasteiger partial charge on any atom is -0.493 e. The Bertz CT molecular complexity index is 819. The van der Waals surface area contributed by atoms with E-state index in [1.54, 1.807) is 0 Å². The summed E-state index contributed by atoms with van der Waals surface area (Å²) in [6, 6.07) is 14.3. The van der Waals surface area contributed by atoms with Gasteiger partial charge in [0.15, 0.2) is 0 Å². The van der Waals surface area contributed by atoms with Gasteiger partial charge in [-0.3, -0.25) is 9.69 Å². The Kier molecular flexibility index (Phi) is 5.48. The number of anilines is 1. The first-order valence-corrected chi connectivity index (χ1v) is 9.88. The molecular formula is C22H26FN3O2. The van der Waals surface area contributed by atoms with Crippen LogP contribution in [0.1, 0.15) is 24.9 Å². The van der Waals surface area contributed by atoms with Gasteiger partial charge in [-0.25, -0.2) is 4.39 Å². The summed E-state index contributed by atoms with van der Waals surface area (Å²) >= 11 is 0. The highest BCUT2D eigenvalue weighted by Crippen LogP contribution is 2.31. The molecular weight excluding hydrogens is 357 g/mol. The molecule has 28 heavy (non-hydrogen) atoms. The van der Waals surface area contributed by atoms with Crippen molar-refractivity contribution >= 4 is 11.6 Å². The molecule has 0 unspecified atom stereocenters. The lowest BCUT2D eigenvalue weighted by Crippen LogP contribution is -2.54. The summed E-state index contributed by atoms with van der Waals surface area (Å²) in [7, 11) is 0. The molecule has 2 aliphatic rings. The van der Waals surface area contributed by atoms with Crippen LogP contribution in [-0.4, -0.2) is 49.6 Å². The molecule has 2 atom stereocenters. The van der Waals surface area contributed by atoms with E-state index in [0.29, 0.717) is 6.61 Å². The lowest BCUT2D eigenvalue weighted by molar-refractivity contribution is -0.127. The maximum atomic E-state index is 13.1. The summed E-state index contributed by atoms with van der Waals surface area (Å²) in [5.74, 6) is 0.693. The number of nitrogens with zero attached hydrogens (tertiary/aromatic N) is 2. The smallest absolute Gasteiger partial charge is 0.237 e. The average molecular weight is 383 g/mol. The zero-order valence-electron chi connectivity index (χ0n) is 16.1. The van der Waals surface area contributed by atoms with E-state index < -0.39 is 0 Å². The molecule has 1 N–H and O–H groups in total. The first-order chi connectivity index (χ1) is 13.6. The molecule has 148 valence electrons. The molecule has 0 radical (unpaired) electrons. The van der Waals surface area contributed by atoms with Gasteiger partial charge in [0.25, 0.3) is 0 Å². The van der Waals surface area contributed by atoms with E-state index in [4.69, 9.17) is 4.74 Å². The molecule has 4 rings (SSSR count). The molecule has 1 fully saturated rings. The summed E-state index contributed by atoms with van der Waals surface area (Å²) in [6.07, 6.45) is 0.786. The number of para-hydroxylation sites is 1. The Balaban J connectivity index is 1.33.